The number of hydrogen-bond donors (Lipinski definition) is 1. The number of amides is 1. The number of unbranched alkanes of at least 4 members (excludes halogenated alkanes) is 24. The minimum absolute atomic E-state index is 0.00290. The number of hydrogen-bond acceptors (Lipinski definition) is 7. The fourth-order valence-electron chi connectivity index (χ4n) is 7.86. The molecule has 0 aromatic heterocycles. The molecule has 8 nitrogen and oxygen atoms in total. The first-order chi connectivity index (χ1) is 29.5. The maximum Gasteiger partial charge on any atom is 0.412 e. The fourth-order valence-corrected chi connectivity index (χ4v) is 7.86. The monoisotopic (exact) mass is 843 g/mol. The molecular formula is C52H94N2O6. The SMILES string of the molecule is CCCCCCCCCOC(=O)CCCCCCCN(CCCCCCCC(=O)OC(CCCCCCCC)CCCCCCCC)CCCNC(=O)Oc1ccccc1. The Hall–Kier alpha value is -2.61. The van der Waals surface area contributed by atoms with E-state index in [2.05, 4.69) is 31.0 Å². The highest BCUT2D eigenvalue weighted by atomic mass is 16.6. The Kier molecular flexibility index (Phi) is 39.8. The topological polar surface area (TPSA) is 94.2 Å². The van der Waals surface area contributed by atoms with Gasteiger partial charge >= 0.3 is 18.0 Å². The number of ether oxygens (including phenoxy) is 3. The van der Waals surface area contributed by atoms with Crippen LogP contribution in [0, 0.1) is 0 Å². The smallest absolute Gasteiger partial charge is 0.412 e. The number of nitrogens with one attached hydrogen (secondary N) is 1. The Morgan fingerprint density at radius 3 is 1.47 bits per heavy atom. The highest BCUT2D eigenvalue weighted by molar-refractivity contribution is 5.70. The van der Waals surface area contributed by atoms with Crippen LogP contribution in [-0.2, 0) is 19.1 Å². The number of benzene rings is 1. The molecule has 1 aromatic rings. The van der Waals surface area contributed by atoms with Crippen molar-refractivity contribution in [3.8, 4) is 5.75 Å². The lowest BCUT2D eigenvalue weighted by Crippen LogP contribution is -2.32. The zero-order valence-corrected chi connectivity index (χ0v) is 39.4. The molecule has 1 amide bonds. The van der Waals surface area contributed by atoms with E-state index in [9.17, 15) is 14.4 Å². The van der Waals surface area contributed by atoms with Crippen molar-refractivity contribution in [1.82, 2.24) is 10.2 Å². The minimum atomic E-state index is -0.413. The maximum absolute atomic E-state index is 12.9. The fraction of sp³-hybridized carbons (Fsp3) is 0.827. The van der Waals surface area contributed by atoms with Crippen molar-refractivity contribution < 1.29 is 28.6 Å². The van der Waals surface area contributed by atoms with E-state index in [1.807, 2.05) is 18.2 Å². The standard InChI is InChI=1S/C52H94N2O6/c1-4-7-10-13-16-25-35-47-58-50(55)41-31-21-17-23-33-44-54(46-36-43-53-52(57)60-49-39-29-26-30-40-49)45-34-24-18-22-32-42-51(56)59-48(37-27-19-14-11-8-5-2)38-28-20-15-12-9-6-3/h26,29-30,39-40,48H,4-25,27-28,31-38,41-47H2,1-3H3,(H,53,57). The second-order valence-corrected chi connectivity index (χ2v) is 17.4. The molecule has 0 fully saturated rings. The van der Waals surface area contributed by atoms with Crippen LogP contribution in [0.25, 0.3) is 0 Å². The number of carbonyl (C=O) groups excluding carboxylic acids is 3. The summed E-state index contributed by atoms with van der Waals surface area (Å²) < 4.78 is 16.9. The molecular weight excluding hydrogens is 749 g/mol. The summed E-state index contributed by atoms with van der Waals surface area (Å²) >= 11 is 0. The Labute approximate surface area is 369 Å². The van der Waals surface area contributed by atoms with Gasteiger partial charge in [0, 0.05) is 19.4 Å². The lowest BCUT2D eigenvalue weighted by atomic mass is 10.0. The van der Waals surface area contributed by atoms with Crippen LogP contribution in [0.5, 0.6) is 5.75 Å². The third-order valence-electron chi connectivity index (χ3n) is 11.7. The zero-order chi connectivity index (χ0) is 43.4. The molecule has 60 heavy (non-hydrogen) atoms. The van der Waals surface area contributed by atoms with Gasteiger partial charge in [-0.1, -0.05) is 180 Å². The molecule has 1 rings (SSSR count). The Bertz CT molecular complexity index is 1090. The van der Waals surface area contributed by atoms with Crippen LogP contribution >= 0.6 is 0 Å². The summed E-state index contributed by atoms with van der Waals surface area (Å²) in [6.45, 7) is 10.9. The Balaban J connectivity index is 2.35. The molecule has 0 aliphatic rings. The molecule has 348 valence electrons. The van der Waals surface area contributed by atoms with E-state index in [4.69, 9.17) is 14.2 Å². The normalized spacial score (nSPS) is 11.3. The van der Waals surface area contributed by atoms with Gasteiger partial charge in [-0.05, 0) is 96.0 Å². The third kappa shape index (κ3) is 37.2. The predicted octanol–water partition coefficient (Wildman–Crippen LogP) is 14.9. The van der Waals surface area contributed by atoms with Crippen molar-refractivity contribution >= 4 is 18.0 Å². The molecule has 0 saturated carbocycles. The van der Waals surface area contributed by atoms with Gasteiger partial charge in [0.05, 0.1) is 6.61 Å². The first kappa shape index (κ1) is 55.4. The molecule has 0 saturated heterocycles. The number of carbonyl (C=O) groups is 3. The van der Waals surface area contributed by atoms with Crippen molar-refractivity contribution in [1.29, 1.82) is 0 Å². The van der Waals surface area contributed by atoms with E-state index < -0.39 is 6.09 Å². The number of para-hydroxylation sites is 1. The maximum atomic E-state index is 12.9. The molecule has 0 bridgehead atoms. The largest absolute Gasteiger partial charge is 0.466 e. The van der Waals surface area contributed by atoms with E-state index in [0.717, 1.165) is 116 Å². The summed E-state index contributed by atoms with van der Waals surface area (Å²) in [6, 6.07) is 9.17. The van der Waals surface area contributed by atoms with Crippen molar-refractivity contribution in [2.45, 2.75) is 245 Å². The van der Waals surface area contributed by atoms with Gasteiger partial charge < -0.3 is 24.4 Å². The molecule has 0 aliphatic carbocycles. The molecule has 8 heteroatoms. The molecule has 0 aliphatic heterocycles. The van der Waals surface area contributed by atoms with Gasteiger partial charge in [-0.25, -0.2) is 4.79 Å². The number of rotatable bonds is 44. The van der Waals surface area contributed by atoms with Crippen molar-refractivity contribution in [2.75, 3.05) is 32.8 Å². The number of esters is 2. The van der Waals surface area contributed by atoms with Gasteiger partial charge in [0.1, 0.15) is 11.9 Å². The van der Waals surface area contributed by atoms with Crippen LogP contribution in [0.15, 0.2) is 30.3 Å². The molecule has 1 N–H and O–H groups in total. The summed E-state index contributed by atoms with van der Waals surface area (Å²) in [6.07, 6.45) is 38.3. The summed E-state index contributed by atoms with van der Waals surface area (Å²) in [5, 5.41) is 2.90. The van der Waals surface area contributed by atoms with E-state index in [1.165, 1.54) is 109 Å². The van der Waals surface area contributed by atoms with Crippen molar-refractivity contribution in [2.24, 2.45) is 0 Å². The zero-order valence-electron chi connectivity index (χ0n) is 39.4. The summed E-state index contributed by atoms with van der Waals surface area (Å²) in [5.74, 6) is 0.507. The average Bonchev–Trinajstić information content (AvgIpc) is 3.24. The van der Waals surface area contributed by atoms with E-state index in [1.54, 1.807) is 12.1 Å². The van der Waals surface area contributed by atoms with Gasteiger partial charge in [-0.15, -0.1) is 0 Å². The van der Waals surface area contributed by atoms with Crippen LogP contribution < -0.4 is 10.1 Å². The van der Waals surface area contributed by atoms with Crippen LogP contribution in [-0.4, -0.2) is 61.8 Å². The van der Waals surface area contributed by atoms with Crippen LogP contribution in [0.2, 0.25) is 0 Å². The summed E-state index contributed by atoms with van der Waals surface area (Å²) in [7, 11) is 0. The van der Waals surface area contributed by atoms with Crippen LogP contribution in [0.4, 0.5) is 4.79 Å². The first-order valence-corrected chi connectivity index (χ1v) is 25.6. The van der Waals surface area contributed by atoms with E-state index in [0.29, 0.717) is 31.7 Å². The highest BCUT2D eigenvalue weighted by Gasteiger charge is 2.15. The summed E-state index contributed by atoms with van der Waals surface area (Å²) in [5.41, 5.74) is 0. The van der Waals surface area contributed by atoms with Gasteiger partial charge in [0.2, 0.25) is 0 Å². The predicted molar refractivity (Wildman–Crippen MR) is 252 cm³/mol. The molecule has 0 unspecified atom stereocenters. The second kappa shape index (κ2) is 43.1. The Morgan fingerprint density at radius 2 is 0.933 bits per heavy atom. The summed E-state index contributed by atoms with van der Waals surface area (Å²) in [4.78, 5) is 39.8. The van der Waals surface area contributed by atoms with Gasteiger partial charge in [-0.3, -0.25) is 9.59 Å². The highest BCUT2D eigenvalue weighted by Crippen LogP contribution is 2.19. The van der Waals surface area contributed by atoms with Crippen LogP contribution in [0.3, 0.4) is 0 Å². The lowest BCUT2D eigenvalue weighted by molar-refractivity contribution is -0.150. The molecule has 0 spiro atoms. The van der Waals surface area contributed by atoms with E-state index in [-0.39, 0.29) is 18.0 Å². The first-order valence-electron chi connectivity index (χ1n) is 25.6. The van der Waals surface area contributed by atoms with E-state index >= 15 is 0 Å². The van der Waals surface area contributed by atoms with Gasteiger partial charge in [0.15, 0.2) is 0 Å². The molecule has 0 atom stereocenters. The molecule has 0 heterocycles. The van der Waals surface area contributed by atoms with Gasteiger partial charge in [-0.2, -0.15) is 0 Å². The third-order valence-corrected chi connectivity index (χ3v) is 11.7. The van der Waals surface area contributed by atoms with Gasteiger partial charge in [0.25, 0.3) is 0 Å². The van der Waals surface area contributed by atoms with Crippen LogP contribution in [0.1, 0.15) is 239 Å². The average molecular weight is 843 g/mol. The molecule has 1 aromatic carbocycles. The Morgan fingerprint density at radius 1 is 0.500 bits per heavy atom. The van der Waals surface area contributed by atoms with Crippen molar-refractivity contribution in [3.05, 3.63) is 30.3 Å². The number of nitrogens with zero attached hydrogens (tertiary/aromatic N) is 1. The second-order valence-electron chi connectivity index (χ2n) is 17.4. The molecule has 0 radical (unpaired) electrons. The quantitative estimate of drug-likeness (QED) is 0.0516. The minimum Gasteiger partial charge on any atom is -0.466 e. The lowest BCUT2D eigenvalue weighted by Gasteiger charge is -2.22. The van der Waals surface area contributed by atoms with Crippen molar-refractivity contribution in [3.63, 3.8) is 0 Å².